The smallest absolute Gasteiger partial charge is 0.360 e. The molecule has 0 aliphatic carbocycles. The van der Waals surface area contributed by atoms with Gasteiger partial charge in [0.15, 0.2) is 0 Å². The van der Waals surface area contributed by atoms with Crippen molar-refractivity contribution >= 4 is 0 Å². The number of ether oxygens (including phenoxy) is 1. The fraction of sp³-hybridized carbons (Fsp3) is 1.00. The summed E-state index contributed by atoms with van der Waals surface area (Å²) in [5, 5.41) is 2.74. The van der Waals surface area contributed by atoms with Gasteiger partial charge in [-0.25, -0.2) is 0 Å². The molecule has 0 aliphatic rings. The molecule has 0 aromatic carbocycles. The average Bonchev–Trinajstić information content (AvgIpc) is 2.10. The molecule has 0 unspecified atom stereocenters. The molecule has 0 heterocycles. The topological polar surface area (TPSA) is 21.3 Å². The minimum Gasteiger partial charge on any atom is -0.360 e. The van der Waals surface area contributed by atoms with Crippen LogP contribution in [0.2, 0.25) is 0 Å². The molecule has 0 aromatic heterocycles. The first-order chi connectivity index (χ1) is 8.34. The zero-order chi connectivity index (χ0) is 15.3. The zero-order valence-electron chi connectivity index (χ0n) is 11.1. The van der Waals surface area contributed by atoms with Crippen molar-refractivity contribution in [2.45, 2.75) is 45.6 Å². The van der Waals surface area contributed by atoms with E-state index in [1.807, 2.05) is 20.8 Å². The van der Waals surface area contributed by atoms with Gasteiger partial charge in [0.2, 0.25) is 6.10 Å². The highest BCUT2D eigenvalue weighted by molar-refractivity contribution is 4.76. The number of nitrogens with one attached hydrogen (secondary N) is 1. The maximum absolute atomic E-state index is 12.1. The van der Waals surface area contributed by atoms with Gasteiger partial charge in [-0.2, -0.15) is 26.3 Å². The molecule has 0 fully saturated rings. The lowest BCUT2D eigenvalue weighted by Crippen LogP contribution is -2.45. The van der Waals surface area contributed by atoms with E-state index in [4.69, 9.17) is 0 Å². The maximum Gasteiger partial charge on any atom is 0.423 e. The molecule has 0 saturated carbocycles. The Hall–Kier alpha value is -0.500. The van der Waals surface area contributed by atoms with Crippen molar-refractivity contribution in [1.82, 2.24) is 5.32 Å². The molecule has 116 valence electrons. The molecule has 0 aromatic rings. The van der Waals surface area contributed by atoms with Crippen molar-refractivity contribution in [2.24, 2.45) is 5.41 Å². The van der Waals surface area contributed by atoms with Crippen LogP contribution < -0.4 is 5.32 Å². The van der Waals surface area contributed by atoms with Crippen LogP contribution in [-0.4, -0.2) is 38.2 Å². The molecular formula is C11H19F6NO. The van der Waals surface area contributed by atoms with Crippen molar-refractivity contribution in [2.75, 3.05) is 19.7 Å². The van der Waals surface area contributed by atoms with Crippen LogP contribution in [0, 0.1) is 5.41 Å². The van der Waals surface area contributed by atoms with Crippen molar-refractivity contribution in [3.05, 3.63) is 0 Å². The Labute approximate surface area is 108 Å². The first-order valence-corrected chi connectivity index (χ1v) is 5.80. The summed E-state index contributed by atoms with van der Waals surface area (Å²) in [5.41, 5.74) is 0.0499. The molecule has 0 radical (unpaired) electrons. The molecule has 19 heavy (non-hydrogen) atoms. The summed E-state index contributed by atoms with van der Waals surface area (Å²) in [4.78, 5) is 0. The van der Waals surface area contributed by atoms with Crippen LogP contribution in [-0.2, 0) is 4.74 Å². The Morgan fingerprint density at radius 2 is 1.37 bits per heavy atom. The van der Waals surface area contributed by atoms with Crippen LogP contribution in [0.5, 0.6) is 0 Å². The summed E-state index contributed by atoms with van der Waals surface area (Å²) in [5.74, 6) is 0. The van der Waals surface area contributed by atoms with Crippen LogP contribution in [0.4, 0.5) is 26.3 Å². The summed E-state index contributed by atoms with van der Waals surface area (Å²) >= 11 is 0. The van der Waals surface area contributed by atoms with Gasteiger partial charge in [0.05, 0.1) is 6.61 Å². The van der Waals surface area contributed by atoms with E-state index in [2.05, 4.69) is 10.1 Å². The van der Waals surface area contributed by atoms with Crippen molar-refractivity contribution in [3.8, 4) is 0 Å². The summed E-state index contributed by atoms with van der Waals surface area (Å²) in [6.45, 7) is 5.75. The molecule has 1 N–H and O–H groups in total. The molecule has 0 amide bonds. The summed E-state index contributed by atoms with van der Waals surface area (Å²) in [7, 11) is 0. The Kier molecular flexibility index (Phi) is 6.61. The lowest BCUT2D eigenvalue weighted by molar-refractivity contribution is -0.321. The second-order valence-corrected chi connectivity index (χ2v) is 5.39. The van der Waals surface area contributed by atoms with Crippen LogP contribution in [0.3, 0.4) is 0 Å². The number of alkyl halides is 6. The molecule has 2 nitrogen and oxygen atoms in total. The number of halogens is 6. The quantitative estimate of drug-likeness (QED) is 0.598. The van der Waals surface area contributed by atoms with Gasteiger partial charge in [0, 0.05) is 6.54 Å². The molecule has 0 saturated heterocycles. The highest BCUT2D eigenvalue weighted by Crippen LogP contribution is 2.35. The van der Waals surface area contributed by atoms with Gasteiger partial charge >= 0.3 is 12.4 Å². The zero-order valence-corrected chi connectivity index (χ0v) is 11.1. The summed E-state index contributed by atoms with van der Waals surface area (Å²) in [6.07, 6.45) is -13.8. The van der Waals surface area contributed by atoms with Gasteiger partial charge in [-0.05, 0) is 18.4 Å². The van der Waals surface area contributed by atoms with Gasteiger partial charge in [0.25, 0.3) is 0 Å². The second-order valence-electron chi connectivity index (χ2n) is 5.39. The lowest BCUT2D eigenvalue weighted by atomic mass is 9.92. The number of hydrogen-bond donors (Lipinski definition) is 1. The normalized spacial score (nSPS) is 14.2. The molecule has 0 atom stereocenters. The van der Waals surface area contributed by atoms with Crippen LogP contribution in [0.1, 0.15) is 27.2 Å². The molecular weight excluding hydrogens is 276 g/mol. The Bertz CT molecular complexity index is 241. The van der Waals surface area contributed by atoms with Gasteiger partial charge in [-0.15, -0.1) is 0 Å². The molecule has 8 heteroatoms. The van der Waals surface area contributed by atoms with Gasteiger partial charge in [-0.3, -0.25) is 0 Å². The largest absolute Gasteiger partial charge is 0.423 e. The summed E-state index contributed by atoms with van der Waals surface area (Å²) in [6, 6.07) is 0. The van der Waals surface area contributed by atoms with Gasteiger partial charge in [0.1, 0.15) is 0 Å². The monoisotopic (exact) mass is 295 g/mol. The highest BCUT2D eigenvalue weighted by Gasteiger charge is 2.57. The van der Waals surface area contributed by atoms with E-state index in [9.17, 15) is 26.3 Å². The van der Waals surface area contributed by atoms with E-state index in [1.54, 1.807) is 0 Å². The first-order valence-electron chi connectivity index (χ1n) is 5.80. The van der Waals surface area contributed by atoms with Crippen LogP contribution in [0.15, 0.2) is 0 Å². The average molecular weight is 295 g/mol. The molecule has 0 bridgehead atoms. The third-order valence-electron chi connectivity index (χ3n) is 2.21. The van der Waals surface area contributed by atoms with E-state index in [0.717, 1.165) is 6.42 Å². The van der Waals surface area contributed by atoms with E-state index in [0.29, 0.717) is 6.54 Å². The second kappa shape index (κ2) is 6.78. The SMILES string of the molecule is CC(C)(C)CCNCCOC(C(F)(F)F)C(F)(F)F. The Morgan fingerprint density at radius 3 is 1.74 bits per heavy atom. The minimum atomic E-state index is -5.44. The van der Waals surface area contributed by atoms with E-state index < -0.39 is 25.1 Å². The van der Waals surface area contributed by atoms with E-state index in [-0.39, 0.29) is 12.0 Å². The third kappa shape index (κ3) is 9.10. The lowest BCUT2D eigenvalue weighted by Gasteiger charge is -2.23. The van der Waals surface area contributed by atoms with Gasteiger partial charge < -0.3 is 10.1 Å². The standard InChI is InChI=1S/C11H19F6NO/c1-9(2,3)4-5-18-6-7-19-8(10(12,13)14)11(15,16)17/h8,18H,4-7H2,1-3H3. The first kappa shape index (κ1) is 18.5. The fourth-order valence-corrected chi connectivity index (χ4v) is 1.21. The predicted molar refractivity (Wildman–Crippen MR) is 58.8 cm³/mol. The van der Waals surface area contributed by atoms with Gasteiger partial charge in [-0.1, -0.05) is 20.8 Å². The van der Waals surface area contributed by atoms with Crippen LogP contribution >= 0.6 is 0 Å². The van der Waals surface area contributed by atoms with Crippen molar-refractivity contribution < 1.29 is 31.1 Å². The van der Waals surface area contributed by atoms with Crippen molar-refractivity contribution in [3.63, 3.8) is 0 Å². The van der Waals surface area contributed by atoms with Crippen molar-refractivity contribution in [1.29, 1.82) is 0 Å². The Balaban J connectivity index is 3.97. The number of rotatable bonds is 6. The van der Waals surface area contributed by atoms with E-state index in [1.165, 1.54) is 0 Å². The number of hydrogen-bond acceptors (Lipinski definition) is 2. The summed E-state index contributed by atoms with van der Waals surface area (Å²) < 4.78 is 76.4. The Morgan fingerprint density at radius 1 is 0.895 bits per heavy atom. The fourth-order valence-electron chi connectivity index (χ4n) is 1.21. The highest BCUT2D eigenvalue weighted by atomic mass is 19.4. The third-order valence-corrected chi connectivity index (χ3v) is 2.21. The predicted octanol–water partition coefficient (Wildman–Crippen LogP) is 3.52. The minimum absolute atomic E-state index is 0.0499. The maximum atomic E-state index is 12.1. The van der Waals surface area contributed by atoms with Crippen LogP contribution in [0.25, 0.3) is 0 Å². The van der Waals surface area contributed by atoms with E-state index >= 15 is 0 Å². The molecule has 0 rings (SSSR count). The molecule has 0 aliphatic heterocycles. The molecule has 0 spiro atoms.